The molecule has 5 nitrogen and oxygen atoms in total. The number of nitrogens with zero attached hydrogens (tertiary/aromatic N) is 3. The van der Waals surface area contributed by atoms with Crippen molar-refractivity contribution in [1.29, 1.82) is 0 Å². The number of aromatic nitrogens is 3. The Morgan fingerprint density at radius 1 is 1.69 bits per heavy atom. The van der Waals surface area contributed by atoms with Crippen molar-refractivity contribution in [2.75, 3.05) is 18.6 Å². The van der Waals surface area contributed by atoms with Crippen molar-refractivity contribution in [3.05, 3.63) is 24.0 Å². The molecule has 0 radical (unpaired) electrons. The summed E-state index contributed by atoms with van der Waals surface area (Å²) in [6.07, 6.45) is 3.54. The molecular weight excluding hydrogens is 226 g/mol. The highest BCUT2D eigenvalue weighted by molar-refractivity contribution is 7.98. The molecule has 0 saturated carbocycles. The van der Waals surface area contributed by atoms with E-state index < -0.39 is 5.97 Å². The fraction of sp³-hybridized carbons (Fsp3) is 0.500. The highest BCUT2D eigenvalue weighted by Crippen LogP contribution is 2.06. The molecule has 0 atom stereocenters. The van der Waals surface area contributed by atoms with E-state index in [2.05, 4.69) is 16.9 Å². The van der Waals surface area contributed by atoms with Gasteiger partial charge in [-0.25, -0.2) is 9.48 Å². The molecule has 0 aliphatic carbocycles. The van der Waals surface area contributed by atoms with E-state index in [1.165, 1.54) is 6.08 Å². The number of carbonyl (C=O) groups is 1. The molecule has 1 heterocycles. The molecule has 0 saturated heterocycles. The molecule has 0 amide bonds. The van der Waals surface area contributed by atoms with E-state index >= 15 is 0 Å². The van der Waals surface area contributed by atoms with E-state index in [1.807, 2.05) is 13.2 Å². The van der Waals surface area contributed by atoms with Gasteiger partial charge in [0.15, 0.2) is 5.69 Å². The van der Waals surface area contributed by atoms with Crippen molar-refractivity contribution in [2.45, 2.75) is 13.5 Å². The van der Waals surface area contributed by atoms with Crippen LogP contribution in [0.15, 0.2) is 12.7 Å². The number of rotatable bonds is 6. The molecule has 0 aliphatic rings. The molecule has 16 heavy (non-hydrogen) atoms. The first-order chi connectivity index (χ1) is 7.70. The van der Waals surface area contributed by atoms with Crippen LogP contribution in [0, 0.1) is 6.92 Å². The summed E-state index contributed by atoms with van der Waals surface area (Å²) >= 11 is 1.72. The Labute approximate surface area is 98.9 Å². The van der Waals surface area contributed by atoms with Gasteiger partial charge in [-0.2, -0.15) is 11.8 Å². The van der Waals surface area contributed by atoms with E-state index in [9.17, 15) is 4.79 Å². The minimum absolute atomic E-state index is 0.190. The van der Waals surface area contributed by atoms with Gasteiger partial charge in [0, 0.05) is 5.75 Å². The first-order valence-corrected chi connectivity index (χ1v) is 6.27. The Morgan fingerprint density at radius 2 is 2.44 bits per heavy atom. The first kappa shape index (κ1) is 12.8. The summed E-state index contributed by atoms with van der Waals surface area (Å²) < 4.78 is 6.61. The molecular formula is C10H15N3O2S. The van der Waals surface area contributed by atoms with Crippen LogP contribution in [0.3, 0.4) is 0 Å². The number of esters is 1. The van der Waals surface area contributed by atoms with Gasteiger partial charge in [-0.3, -0.25) is 0 Å². The van der Waals surface area contributed by atoms with Crippen LogP contribution < -0.4 is 0 Å². The Hall–Kier alpha value is -1.30. The first-order valence-electron chi connectivity index (χ1n) is 4.87. The molecule has 0 aliphatic heterocycles. The molecule has 0 unspecified atom stereocenters. The van der Waals surface area contributed by atoms with Crippen molar-refractivity contribution in [1.82, 2.24) is 15.0 Å². The van der Waals surface area contributed by atoms with Gasteiger partial charge in [0.1, 0.15) is 6.61 Å². The Kier molecular flexibility index (Phi) is 5.04. The second kappa shape index (κ2) is 6.32. The van der Waals surface area contributed by atoms with E-state index in [0.717, 1.165) is 18.0 Å². The summed E-state index contributed by atoms with van der Waals surface area (Å²) in [5, 5.41) is 7.73. The fourth-order valence-electron chi connectivity index (χ4n) is 1.14. The van der Waals surface area contributed by atoms with Crippen LogP contribution in [0.25, 0.3) is 0 Å². The lowest BCUT2D eigenvalue weighted by atomic mass is 10.3. The van der Waals surface area contributed by atoms with Gasteiger partial charge in [-0.15, -0.1) is 5.10 Å². The van der Waals surface area contributed by atoms with Crippen LogP contribution in [-0.4, -0.2) is 39.6 Å². The average Bonchev–Trinajstić information content (AvgIpc) is 2.65. The predicted octanol–water partition coefficient (Wildman–Crippen LogP) is 1.29. The van der Waals surface area contributed by atoms with Crippen LogP contribution in [0.4, 0.5) is 0 Å². The Morgan fingerprint density at radius 3 is 3.06 bits per heavy atom. The molecule has 1 aromatic heterocycles. The van der Waals surface area contributed by atoms with Gasteiger partial charge in [0.25, 0.3) is 0 Å². The van der Waals surface area contributed by atoms with Crippen molar-refractivity contribution >= 4 is 17.7 Å². The number of carbonyl (C=O) groups excluding carboxylic acids is 1. The monoisotopic (exact) mass is 241 g/mol. The van der Waals surface area contributed by atoms with Crippen molar-refractivity contribution in [3.63, 3.8) is 0 Å². The zero-order valence-electron chi connectivity index (χ0n) is 9.47. The lowest BCUT2D eigenvalue weighted by Crippen LogP contribution is -2.09. The van der Waals surface area contributed by atoms with Crippen LogP contribution >= 0.6 is 11.8 Å². The van der Waals surface area contributed by atoms with Gasteiger partial charge in [-0.1, -0.05) is 17.9 Å². The smallest absolute Gasteiger partial charge is 0.361 e. The standard InChI is InChI=1S/C10H15N3O2S/c1-4-6-15-10(14)9-8(2)13(12-11-9)5-7-16-3/h4H,1,5-7H2,2-3H3. The number of thioether (sulfide) groups is 1. The van der Waals surface area contributed by atoms with Gasteiger partial charge in [0.05, 0.1) is 12.2 Å². The quantitative estimate of drug-likeness (QED) is 0.555. The molecule has 0 aromatic carbocycles. The maximum absolute atomic E-state index is 11.5. The maximum Gasteiger partial charge on any atom is 0.361 e. The van der Waals surface area contributed by atoms with Crippen LogP contribution in [-0.2, 0) is 11.3 Å². The summed E-state index contributed by atoms with van der Waals surface area (Å²) in [7, 11) is 0. The van der Waals surface area contributed by atoms with Crippen LogP contribution in [0.2, 0.25) is 0 Å². The summed E-state index contributed by atoms with van der Waals surface area (Å²) in [4.78, 5) is 11.5. The third-order valence-corrected chi connectivity index (χ3v) is 2.61. The van der Waals surface area contributed by atoms with E-state index in [0.29, 0.717) is 0 Å². The van der Waals surface area contributed by atoms with E-state index in [-0.39, 0.29) is 12.3 Å². The van der Waals surface area contributed by atoms with Gasteiger partial charge in [-0.05, 0) is 13.2 Å². The largest absolute Gasteiger partial charge is 0.457 e. The third kappa shape index (κ3) is 3.10. The number of hydrogen-bond donors (Lipinski definition) is 0. The third-order valence-electron chi connectivity index (χ3n) is 2.02. The zero-order chi connectivity index (χ0) is 12.0. The van der Waals surface area contributed by atoms with Crippen molar-refractivity contribution < 1.29 is 9.53 Å². The lowest BCUT2D eigenvalue weighted by molar-refractivity contribution is 0.0542. The van der Waals surface area contributed by atoms with Crippen LogP contribution in [0.1, 0.15) is 16.2 Å². The molecule has 0 spiro atoms. The second-order valence-corrected chi connectivity index (χ2v) is 4.11. The highest BCUT2D eigenvalue weighted by atomic mass is 32.2. The molecule has 0 bridgehead atoms. The van der Waals surface area contributed by atoms with Gasteiger partial charge >= 0.3 is 5.97 Å². The minimum Gasteiger partial charge on any atom is -0.457 e. The van der Waals surface area contributed by atoms with E-state index in [4.69, 9.17) is 4.74 Å². The normalized spacial score (nSPS) is 10.1. The lowest BCUT2D eigenvalue weighted by Gasteiger charge is -2.02. The second-order valence-electron chi connectivity index (χ2n) is 3.13. The molecule has 6 heteroatoms. The van der Waals surface area contributed by atoms with Crippen molar-refractivity contribution in [3.8, 4) is 0 Å². The highest BCUT2D eigenvalue weighted by Gasteiger charge is 2.16. The zero-order valence-corrected chi connectivity index (χ0v) is 10.3. The molecule has 1 aromatic rings. The van der Waals surface area contributed by atoms with Crippen molar-refractivity contribution in [2.24, 2.45) is 0 Å². The number of aryl methyl sites for hydroxylation is 1. The minimum atomic E-state index is -0.451. The summed E-state index contributed by atoms with van der Waals surface area (Å²) in [6, 6.07) is 0. The Bertz CT molecular complexity index is 376. The van der Waals surface area contributed by atoms with Crippen LogP contribution in [0.5, 0.6) is 0 Å². The van der Waals surface area contributed by atoms with E-state index in [1.54, 1.807) is 16.4 Å². The van der Waals surface area contributed by atoms with Gasteiger partial charge < -0.3 is 4.74 Å². The van der Waals surface area contributed by atoms with Gasteiger partial charge in [0.2, 0.25) is 0 Å². The molecule has 0 fully saturated rings. The molecule has 0 N–H and O–H groups in total. The SMILES string of the molecule is C=CCOC(=O)c1nnn(CCSC)c1C. The molecule has 1 rings (SSSR count). The topological polar surface area (TPSA) is 57.0 Å². The number of ether oxygens (including phenoxy) is 1. The fourth-order valence-corrected chi connectivity index (χ4v) is 1.50. The average molecular weight is 241 g/mol. The molecule has 88 valence electrons. The predicted molar refractivity (Wildman–Crippen MR) is 63.6 cm³/mol. The summed E-state index contributed by atoms with van der Waals surface area (Å²) in [6.45, 7) is 6.22. The summed E-state index contributed by atoms with van der Waals surface area (Å²) in [5.41, 5.74) is 1.02. The maximum atomic E-state index is 11.5. The Balaban J connectivity index is 2.70. The number of hydrogen-bond acceptors (Lipinski definition) is 5. The summed E-state index contributed by atoms with van der Waals surface area (Å²) in [5.74, 6) is 0.485.